The largest absolute Gasteiger partial charge is 0.396 e. The van der Waals surface area contributed by atoms with Crippen LogP contribution in [0.4, 0.5) is 0 Å². The first-order valence-electron chi connectivity index (χ1n) is 4.65. The van der Waals surface area contributed by atoms with Crippen LogP contribution in [0.5, 0.6) is 0 Å². The number of hydrogen-bond acceptors (Lipinski definition) is 3. The number of aliphatic hydroxyl groups excluding tert-OH is 1. The summed E-state index contributed by atoms with van der Waals surface area (Å²) in [5, 5.41) is 17.9. The zero-order valence-electron chi connectivity index (χ0n) is 8.71. The second-order valence-electron chi connectivity index (χ2n) is 3.94. The van der Waals surface area contributed by atoms with Crippen LogP contribution in [-0.4, -0.2) is 22.7 Å². The minimum atomic E-state index is -0.202. The van der Waals surface area contributed by atoms with E-state index >= 15 is 0 Å². The Bertz CT molecular complexity index is 174. The lowest BCUT2D eigenvalue weighted by atomic mass is 9.93. The number of nitriles is 1. The average Bonchev–Trinajstić information content (AvgIpc) is 2.05. The van der Waals surface area contributed by atoms with Gasteiger partial charge in [-0.25, -0.2) is 0 Å². The summed E-state index contributed by atoms with van der Waals surface area (Å²) in [4.78, 5) is 0. The number of nitrogens with zero attached hydrogens (tertiary/aromatic N) is 1. The Morgan fingerprint density at radius 3 is 2.62 bits per heavy atom. The van der Waals surface area contributed by atoms with Crippen molar-refractivity contribution in [2.75, 3.05) is 12.4 Å². The van der Waals surface area contributed by atoms with Gasteiger partial charge in [0.05, 0.1) is 11.5 Å². The molecule has 0 aromatic heterocycles. The zero-order chi connectivity index (χ0) is 10.3. The van der Waals surface area contributed by atoms with Crippen LogP contribution in [0.3, 0.4) is 0 Å². The van der Waals surface area contributed by atoms with Gasteiger partial charge in [0.25, 0.3) is 0 Å². The normalized spacial score (nSPS) is 13.8. The van der Waals surface area contributed by atoms with E-state index in [1.54, 1.807) is 0 Å². The van der Waals surface area contributed by atoms with Gasteiger partial charge >= 0.3 is 0 Å². The maximum atomic E-state index is 8.76. The van der Waals surface area contributed by atoms with Gasteiger partial charge in [-0.1, -0.05) is 6.92 Å². The van der Waals surface area contributed by atoms with E-state index in [0.29, 0.717) is 5.25 Å². The Balaban J connectivity index is 3.51. The van der Waals surface area contributed by atoms with Crippen LogP contribution in [0.2, 0.25) is 0 Å². The fraction of sp³-hybridized carbons (Fsp3) is 0.900. The summed E-state index contributed by atoms with van der Waals surface area (Å²) in [6, 6.07) is 2.28. The highest BCUT2D eigenvalue weighted by Gasteiger charge is 2.16. The van der Waals surface area contributed by atoms with Gasteiger partial charge in [0, 0.05) is 11.9 Å². The Kier molecular flexibility index (Phi) is 6.19. The van der Waals surface area contributed by atoms with Crippen LogP contribution < -0.4 is 0 Å². The van der Waals surface area contributed by atoms with Gasteiger partial charge < -0.3 is 5.11 Å². The minimum absolute atomic E-state index is 0.202. The third kappa shape index (κ3) is 6.92. The number of rotatable bonds is 6. The Morgan fingerprint density at radius 2 is 2.15 bits per heavy atom. The predicted octanol–water partition coefficient (Wildman–Crippen LogP) is 2.43. The first-order valence-corrected chi connectivity index (χ1v) is 5.70. The van der Waals surface area contributed by atoms with Gasteiger partial charge in [0.15, 0.2) is 0 Å². The molecule has 0 radical (unpaired) electrons. The summed E-state index contributed by atoms with van der Waals surface area (Å²) < 4.78 is 0. The van der Waals surface area contributed by atoms with Crippen molar-refractivity contribution in [3.05, 3.63) is 0 Å². The summed E-state index contributed by atoms with van der Waals surface area (Å²) in [6.07, 6.45) is 1.77. The Morgan fingerprint density at radius 1 is 1.54 bits per heavy atom. The number of thioether (sulfide) groups is 1. The number of aliphatic hydroxyl groups is 1. The third-order valence-corrected chi connectivity index (χ3v) is 3.21. The van der Waals surface area contributed by atoms with E-state index < -0.39 is 0 Å². The molecule has 1 unspecified atom stereocenters. The molecule has 0 heterocycles. The van der Waals surface area contributed by atoms with E-state index in [0.717, 1.165) is 18.6 Å². The highest BCUT2D eigenvalue weighted by molar-refractivity contribution is 7.99. The lowest BCUT2D eigenvalue weighted by Gasteiger charge is -2.16. The second-order valence-corrected chi connectivity index (χ2v) is 5.49. The van der Waals surface area contributed by atoms with Crippen molar-refractivity contribution in [3.63, 3.8) is 0 Å². The van der Waals surface area contributed by atoms with Crippen molar-refractivity contribution >= 4 is 11.8 Å². The molecule has 13 heavy (non-hydrogen) atoms. The van der Waals surface area contributed by atoms with Crippen LogP contribution in [0.25, 0.3) is 0 Å². The molecule has 0 fully saturated rings. The molecular weight excluding hydrogens is 182 g/mol. The molecule has 0 aromatic rings. The molecule has 0 spiro atoms. The predicted molar refractivity (Wildman–Crippen MR) is 57.6 cm³/mol. The van der Waals surface area contributed by atoms with Gasteiger partial charge in [-0.3, -0.25) is 0 Å². The van der Waals surface area contributed by atoms with Crippen molar-refractivity contribution in [2.45, 2.75) is 38.9 Å². The van der Waals surface area contributed by atoms with Gasteiger partial charge in [-0.15, -0.1) is 0 Å². The van der Waals surface area contributed by atoms with Crippen LogP contribution in [0.1, 0.15) is 33.6 Å². The molecule has 2 nitrogen and oxygen atoms in total. The molecular formula is C10H19NOS. The molecule has 0 aliphatic heterocycles. The lowest BCUT2D eigenvalue weighted by Crippen LogP contribution is -2.10. The van der Waals surface area contributed by atoms with Crippen molar-refractivity contribution in [1.82, 2.24) is 0 Å². The summed E-state index contributed by atoms with van der Waals surface area (Å²) in [6.45, 7) is 6.30. The van der Waals surface area contributed by atoms with Crippen LogP contribution in [-0.2, 0) is 0 Å². The Hall–Kier alpha value is -0.200. The summed E-state index contributed by atoms with van der Waals surface area (Å²) >= 11 is 1.83. The summed E-state index contributed by atoms with van der Waals surface area (Å²) in [5.74, 6) is 1.00. The highest BCUT2D eigenvalue weighted by atomic mass is 32.2. The molecule has 0 amide bonds. The standard InChI is InChI=1S/C10H19NOS/c1-9(4-6-12)13-7-5-10(2,3)8-11/h9,12H,4-7H2,1-3H3. The van der Waals surface area contributed by atoms with Gasteiger partial charge in [0.2, 0.25) is 0 Å². The van der Waals surface area contributed by atoms with E-state index in [4.69, 9.17) is 10.4 Å². The minimum Gasteiger partial charge on any atom is -0.396 e. The topological polar surface area (TPSA) is 44.0 Å². The average molecular weight is 201 g/mol. The molecule has 0 bridgehead atoms. The van der Waals surface area contributed by atoms with Crippen LogP contribution >= 0.6 is 11.8 Å². The van der Waals surface area contributed by atoms with Crippen molar-refractivity contribution in [3.8, 4) is 6.07 Å². The summed E-state index contributed by atoms with van der Waals surface area (Å²) in [5.41, 5.74) is -0.202. The monoisotopic (exact) mass is 201 g/mol. The quantitative estimate of drug-likeness (QED) is 0.718. The molecule has 76 valence electrons. The van der Waals surface area contributed by atoms with Gasteiger partial charge in [-0.2, -0.15) is 17.0 Å². The van der Waals surface area contributed by atoms with Crippen molar-refractivity contribution in [2.24, 2.45) is 5.41 Å². The molecule has 3 heteroatoms. The van der Waals surface area contributed by atoms with Crippen molar-refractivity contribution in [1.29, 1.82) is 5.26 Å². The van der Waals surface area contributed by atoms with Gasteiger partial charge in [0.1, 0.15) is 0 Å². The molecule has 0 aromatic carbocycles. The molecule has 0 aliphatic carbocycles. The fourth-order valence-corrected chi connectivity index (χ4v) is 2.14. The first-order chi connectivity index (χ1) is 6.02. The van der Waals surface area contributed by atoms with Crippen LogP contribution in [0.15, 0.2) is 0 Å². The molecule has 0 saturated heterocycles. The highest BCUT2D eigenvalue weighted by Crippen LogP contribution is 2.24. The van der Waals surface area contributed by atoms with E-state index in [1.165, 1.54) is 0 Å². The molecule has 0 rings (SSSR count). The SMILES string of the molecule is CC(CCO)SCCC(C)(C)C#N. The fourth-order valence-electron chi connectivity index (χ4n) is 0.836. The molecule has 0 aliphatic rings. The zero-order valence-corrected chi connectivity index (χ0v) is 9.52. The first kappa shape index (κ1) is 12.8. The lowest BCUT2D eigenvalue weighted by molar-refractivity contribution is 0.289. The van der Waals surface area contributed by atoms with E-state index in [2.05, 4.69) is 13.0 Å². The smallest absolute Gasteiger partial charge is 0.0684 e. The Labute approximate surface area is 85.3 Å². The molecule has 0 saturated carbocycles. The van der Waals surface area contributed by atoms with Crippen molar-refractivity contribution < 1.29 is 5.11 Å². The molecule has 1 N–H and O–H groups in total. The van der Waals surface area contributed by atoms with Gasteiger partial charge in [-0.05, 0) is 32.4 Å². The van der Waals surface area contributed by atoms with E-state index in [1.807, 2.05) is 25.6 Å². The van der Waals surface area contributed by atoms with Crippen LogP contribution in [0, 0.1) is 16.7 Å². The third-order valence-electron chi connectivity index (χ3n) is 1.97. The van der Waals surface area contributed by atoms with E-state index in [-0.39, 0.29) is 12.0 Å². The van der Waals surface area contributed by atoms with E-state index in [9.17, 15) is 0 Å². The number of hydrogen-bond donors (Lipinski definition) is 1. The maximum absolute atomic E-state index is 8.76. The molecule has 1 atom stereocenters. The summed E-state index contributed by atoms with van der Waals surface area (Å²) in [7, 11) is 0. The maximum Gasteiger partial charge on any atom is 0.0684 e. The second kappa shape index (κ2) is 6.28.